The lowest BCUT2D eigenvalue weighted by Gasteiger charge is -2.40. The molecule has 0 bridgehead atoms. The number of nitrogens with zero attached hydrogens (tertiary/aromatic N) is 2. The molecule has 0 aromatic heterocycles. The van der Waals surface area contributed by atoms with E-state index in [1.165, 1.54) is 12.1 Å². The maximum atomic E-state index is 13.1. The number of piperazine rings is 1. The molecule has 2 aromatic carbocycles. The molecule has 3 rings (SSSR count). The van der Waals surface area contributed by atoms with E-state index in [-0.39, 0.29) is 11.9 Å². The van der Waals surface area contributed by atoms with Crippen molar-refractivity contribution in [2.24, 2.45) is 0 Å². The molecule has 136 valence electrons. The lowest BCUT2D eigenvalue weighted by Crippen LogP contribution is -2.51. The van der Waals surface area contributed by atoms with Crippen LogP contribution >= 0.6 is 11.6 Å². The molecular formula is C20H20ClFN2O2. The minimum Gasteiger partial charge on any atom is -0.478 e. The molecule has 4 nitrogen and oxygen atoms in total. The third-order valence-electron chi connectivity index (χ3n) is 4.54. The lowest BCUT2D eigenvalue weighted by molar-refractivity contribution is 0.0546. The summed E-state index contributed by atoms with van der Waals surface area (Å²) in [6.07, 6.45) is 0. The van der Waals surface area contributed by atoms with E-state index in [1.54, 1.807) is 24.3 Å². The number of rotatable bonds is 5. The molecule has 1 heterocycles. The number of benzene rings is 2. The highest BCUT2D eigenvalue weighted by Crippen LogP contribution is 2.22. The quantitative estimate of drug-likeness (QED) is 0.746. The normalized spacial score (nSPS) is 17.9. The van der Waals surface area contributed by atoms with Crippen molar-refractivity contribution in [2.45, 2.75) is 19.5 Å². The van der Waals surface area contributed by atoms with Crippen molar-refractivity contribution in [3.63, 3.8) is 0 Å². The molecular weight excluding hydrogens is 355 g/mol. The van der Waals surface area contributed by atoms with Gasteiger partial charge in [0, 0.05) is 24.7 Å². The van der Waals surface area contributed by atoms with E-state index in [9.17, 15) is 9.18 Å². The summed E-state index contributed by atoms with van der Waals surface area (Å²) in [6, 6.07) is 13.4. The topological polar surface area (TPSA) is 32.8 Å². The van der Waals surface area contributed by atoms with Crippen LogP contribution in [0.2, 0.25) is 5.02 Å². The zero-order valence-corrected chi connectivity index (χ0v) is 15.2. The van der Waals surface area contributed by atoms with Gasteiger partial charge in [0.1, 0.15) is 29.9 Å². The van der Waals surface area contributed by atoms with Gasteiger partial charge in [-0.3, -0.25) is 4.90 Å². The van der Waals surface area contributed by atoms with E-state index in [4.69, 9.17) is 16.3 Å². The van der Waals surface area contributed by atoms with Crippen LogP contribution in [0.4, 0.5) is 4.39 Å². The van der Waals surface area contributed by atoms with Crippen LogP contribution in [-0.4, -0.2) is 41.6 Å². The molecule has 0 spiro atoms. The monoisotopic (exact) mass is 374 g/mol. The predicted octanol–water partition coefficient (Wildman–Crippen LogP) is 3.74. The van der Waals surface area contributed by atoms with Gasteiger partial charge in [-0.2, -0.15) is 0 Å². The Kier molecular flexibility index (Phi) is 5.94. The summed E-state index contributed by atoms with van der Waals surface area (Å²) in [5, 5.41) is 0.659. The van der Waals surface area contributed by atoms with Crippen molar-refractivity contribution in [1.29, 1.82) is 0 Å². The predicted molar refractivity (Wildman–Crippen MR) is 99.1 cm³/mol. The summed E-state index contributed by atoms with van der Waals surface area (Å²) >= 11 is 5.87. The summed E-state index contributed by atoms with van der Waals surface area (Å²) in [6.45, 7) is 4.32. The van der Waals surface area contributed by atoms with Crippen LogP contribution in [0.5, 0.6) is 5.75 Å². The molecule has 1 atom stereocenters. The van der Waals surface area contributed by atoms with Gasteiger partial charge in [-0.15, -0.1) is 0 Å². The highest BCUT2D eigenvalue weighted by Gasteiger charge is 2.29. The van der Waals surface area contributed by atoms with Crippen molar-refractivity contribution in [1.82, 2.24) is 9.80 Å². The van der Waals surface area contributed by atoms with Crippen LogP contribution in [-0.2, 0) is 11.3 Å². The van der Waals surface area contributed by atoms with Gasteiger partial charge < -0.3 is 9.64 Å². The first kappa shape index (κ1) is 18.5. The fourth-order valence-electron chi connectivity index (χ4n) is 2.99. The first-order valence-electron chi connectivity index (χ1n) is 8.43. The summed E-state index contributed by atoms with van der Waals surface area (Å²) in [4.78, 5) is 15.6. The molecule has 0 aliphatic carbocycles. The van der Waals surface area contributed by atoms with Gasteiger partial charge in [0.2, 0.25) is 0 Å². The summed E-state index contributed by atoms with van der Waals surface area (Å²) in [7, 11) is 0. The van der Waals surface area contributed by atoms with Crippen LogP contribution in [0.15, 0.2) is 54.2 Å². The standard InChI is InChI=1S/C20H20ClFN2O2/c1-15-20(13-25)23(12-16-2-6-18(22)7-3-16)10-11-24(15)14-26-19-8-4-17(21)5-9-19/h2-9,15H,10-12,14H2,1H3/t15-/m1/s1. The molecule has 1 aliphatic rings. The van der Waals surface area contributed by atoms with E-state index in [1.807, 2.05) is 24.0 Å². The molecule has 2 aromatic rings. The van der Waals surface area contributed by atoms with Crippen LogP contribution in [0, 0.1) is 5.82 Å². The van der Waals surface area contributed by atoms with Gasteiger partial charge in [0.05, 0.1) is 6.04 Å². The van der Waals surface area contributed by atoms with Gasteiger partial charge in [0.25, 0.3) is 0 Å². The van der Waals surface area contributed by atoms with Crippen molar-refractivity contribution in [3.8, 4) is 5.75 Å². The summed E-state index contributed by atoms with van der Waals surface area (Å²) < 4.78 is 18.9. The molecule has 1 fully saturated rings. The highest BCUT2D eigenvalue weighted by molar-refractivity contribution is 6.30. The van der Waals surface area contributed by atoms with Gasteiger partial charge >= 0.3 is 0 Å². The fourth-order valence-corrected chi connectivity index (χ4v) is 3.12. The first-order valence-corrected chi connectivity index (χ1v) is 8.81. The van der Waals surface area contributed by atoms with E-state index in [0.717, 1.165) is 17.9 Å². The van der Waals surface area contributed by atoms with E-state index in [2.05, 4.69) is 10.8 Å². The average Bonchev–Trinajstić information content (AvgIpc) is 2.64. The fraction of sp³-hybridized carbons (Fsp3) is 0.300. The second-order valence-corrected chi connectivity index (χ2v) is 6.69. The van der Waals surface area contributed by atoms with E-state index >= 15 is 0 Å². The maximum Gasteiger partial charge on any atom is 0.147 e. The molecule has 0 saturated carbocycles. The second kappa shape index (κ2) is 8.37. The Balaban J connectivity index is 1.62. The number of halogens is 2. The molecule has 1 saturated heterocycles. The Morgan fingerprint density at radius 1 is 1.15 bits per heavy atom. The zero-order chi connectivity index (χ0) is 18.5. The third-order valence-corrected chi connectivity index (χ3v) is 4.80. The number of hydrogen-bond acceptors (Lipinski definition) is 4. The summed E-state index contributed by atoms with van der Waals surface area (Å²) in [5.74, 6) is 2.54. The smallest absolute Gasteiger partial charge is 0.147 e. The van der Waals surface area contributed by atoms with Gasteiger partial charge in [-0.05, 0) is 48.9 Å². The Hall–Kier alpha value is -2.33. The number of carbonyl (C=O) groups excluding carboxylic acids is 1. The largest absolute Gasteiger partial charge is 0.478 e. The first-order chi connectivity index (χ1) is 12.6. The van der Waals surface area contributed by atoms with Crippen molar-refractivity contribution >= 4 is 17.5 Å². The van der Waals surface area contributed by atoms with E-state index < -0.39 is 0 Å². The highest BCUT2D eigenvalue weighted by atomic mass is 35.5. The number of hydrogen-bond donors (Lipinski definition) is 0. The molecule has 26 heavy (non-hydrogen) atoms. The van der Waals surface area contributed by atoms with E-state index in [0.29, 0.717) is 30.5 Å². The summed E-state index contributed by atoms with van der Waals surface area (Å²) in [5.41, 5.74) is 1.54. The molecule has 0 amide bonds. The van der Waals surface area contributed by atoms with Crippen LogP contribution < -0.4 is 4.74 Å². The Labute approximate surface area is 157 Å². The maximum absolute atomic E-state index is 13.1. The van der Waals surface area contributed by atoms with Crippen molar-refractivity contribution < 1.29 is 13.9 Å². The molecule has 0 radical (unpaired) electrons. The lowest BCUT2D eigenvalue weighted by atomic mass is 10.1. The van der Waals surface area contributed by atoms with Crippen LogP contribution in [0.1, 0.15) is 12.5 Å². The van der Waals surface area contributed by atoms with Gasteiger partial charge in [0.15, 0.2) is 0 Å². The number of ether oxygens (including phenoxy) is 1. The second-order valence-electron chi connectivity index (χ2n) is 6.25. The third kappa shape index (κ3) is 4.44. The van der Waals surface area contributed by atoms with Crippen LogP contribution in [0.25, 0.3) is 0 Å². The van der Waals surface area contributed by atoms with Crippen LogP contribution in [0.3, 0.4) is 0 Å². The average molecular weight is 375 g/mol. The Morgan fingerprint density at radius 3 is 2.50 bits per heavy atom. The SMILES string of the molecule is C[C@@H]1C(=C=O)N(Cc2ccc(F)cc2)CCN1COc1ccc(Cl)cc1. The minimum atomic E-state index is -0.266. The minimum absolute atomic E-state index is 0.117. The molecule has 6 heteroatoms. The Morgan fingerprint density at radius 2 is 1.85 bits per heavy atom. The zero-order valence-electron chi connectivity index (χ0n) is 14.5. The van der Waals surface area contributed by atoms with Gasteiger partial charge in [-0.1, -0.05) is 23.7 Å². The molecule has 1 aliphatic heterocycles. The Bertz CT molecular complexity index is 788. The van der Waals surface area contributed by atoms with Crippen molar-refractivity contribution in [3.05, 3.63) is 70.6 Å². The van der Waals surface area contributed by atoms with Crippen molar-refractivity contribution in [2.75, 3.05) is 19.8 Å². The molecule has 0 unspecified atom stereocenters. The molecule has 0 N–H and O–H groups in total. The van der Waals surface area contributed by atoms with Gasteiger partial charge in [-0.25, -0.2) is 9.18 Å².